The number of fused-ring (bicyclic) bond motifs is 1. The number of carbonyl (C=O) groups excluding carboxylic acids is 1. The molecule has 2 heterocycles. The number of amides is 1. The molecule has 0 saturated heterocycles. The van der Waals surface area contributed by atoms with E-state index in [0.29, 0.717) is 5.69 Å². The first-order valence-corrected chi connectivity index (χ1v) is 6.13. The average Bonchev–Trinajstić information content (AvgIpc) is 2.95. The number of anilines is 1. The van der Waals surface area contributed by atoms with Crippen molar-refractivity contribution < 1.29 is 9.72 Å². The summed E-state index contributed by atoms with van der Waals surface area (Å²) in [6.45, 7) is 0. The van der Waals surface area contributed by atoms with Crippen molar-refractivity contribution in [2.24, 2.45) is 0 Å². The molecule has 0 fully saturated rings. The summed E-state index contributed by atoms with van der Waals surface area (Å²) in [7, 11) is 0. The summed E-state index contributed by atoms with van der Waals surface area (Å²) < 4.78 is 1.67. The van der Waals surface area contributed by atoms with Crippen molar-refractivity contribution in [3.05, 3.63) is 70.5 Å². The summed E-state index contributed by atoms with van der Waals surface area (Å²) >= 11 is 0. The van der Waals surface area contributed by atoms with Crippen molar-refractivity contribution in [3.63, 3.8) is 0 Å². The van der Waals surface area contributed by atoms with Gasteiger partial charge in [-0.1, -0.05) is 6.07 Å². The first-order valence-electron chi connectivity index (χ1n) is 6.13. The van der Waals surface area contributed by atoms with Crippen LogP contribution in [0.5, 0.6) is 0 Å². The fourth-order valence-corrected chi connectivity index (χ4v) is 1.96. The molecule has 0 spiro atoms. The number of nitro groups is 1. The van der Waals surface area contributed by atoms with Crippen LogP contribution in [0.4, 0.5) is 11.4 Å². The molecule has 21 heavy (non-hydrogen) atoms. The number of benzene rings is 1. The van der Waals surface area contributed by atoms with E-state index < -0.39 is 10.8 Å². The number of hydrogen-bond acceptors (Lipinski definition) is 4. The van der Waals surface area contributed by atoms with Crippen molar-refractivity contribution in [3.8, 4) is 0 Å². The highest BCUT2D eigenvalue weighted by Gasteiger charge is 2.11. The van der Waals surface area contributed by atoms with Gasteiger partial charge >= 0.3 is 0 Å². The summed E-state index contributed by atoms with van der Waals surface area (Å²) in [4.78, 5) is 22.3. The molecule has 104 valence electrons. The van der Waals surface area contributed by atoms with Crippen LogP contribution >= 0.6 is 0 Å². The van der Waals surface area contributed by atoms with Gasteiger partial charge in [0.25, 0.3) is 11.6 Å². The topological polar surface area (TPSA) is 89.5 Å². The van der Waals surface area contributed by atoms with Gasteiger partial charge in [0.1, 0.15) is 0 Å². The van der Waals surface area contributed by atoms with Gasteiger partial charge in [-0.3, -0.25) is 14.9 Å². The summed E-state index contributed by atoms with van der Waals surface area (Å²) in [6, 6.07) is 10.9. The molecule has 2 aromatic heterocycles. The van der Waals surface area contributed by atoms with Gasteiger partial charge in [0.2, 0.25) is 0 Å². The van der Waals surface area contributed by atoms with Crippen LogP contribution in [0.25, 0.3) is 5.52 Å². The Bertz CT molecular complexity index is 841. The summed E-state index contributed by atoms with van der Waals surface area (Å²) in [5.41, 5.74) is 1.55. The minimum Gasteiger partial charge on any atom is -0.322 e. The van der Waals surface area contributed by atoms with Crippen molar-refractivity contribution in [1.82, 2.24) is 9.61 Å². The van der Waals surface area contributed by atoms with Gasteiger partial charge < -0.3 is 5.32 Å². The minimum absolute atomic E-state index is 0.117. The van der Waals surface area contributed by atoms with Crippen LogP contribution in [-0.4, -0.2) is 20.4 Å². The number of pyridine rings is 1. The number of aromatic nitrogens is 2. The third-order valence-corrected chi connectivity index (χ3v) is 2.98. The number of nitro benzene ring substituents is 1. The summed E-state index contributed by atoms with van der Waals surface area (Å²) in [5.74, 6) is -0.400. The molecule has 0 aliphatic rings. The lowest BCUT2D eigenvalue weighted by Crippen LogP contribution is -2.12. The monoisotopic (exact) mass is 282 g/mol. The van der Waals surface area contributed by atoms with Crippen LogP contribution in [0.1, 0.15) is 10.4 Å². The lowest BCUT2D eigenvalue weighted by molar-refractivity contribution is -0.384. The quantitative estimate of drug-likeness (QED) is 0.590. The van der Waals surface area contributed by atoms with Crippen molar-refractivity contribution in [2.75, 3.05) is 5.32 Å². The molecular formula is C14H10N4O3. The number of hydrogen-bond donors (Lipinski definition) is 1. The molecule has 1 N–H and O–H groups in total. The van der Waals surface area contributed by atoms with E-state index in [1.54, 1.807) is 29.0 Å². The fourth-order valence-electron chi connectivity index (χ4n) is 1.96. The van der Waals surface area contributed by atoms with Crippen LogP contribution in [0, 0.1) is 10.1 Å². The Labute approximate surface area is 119 Å². The van der Waals surface area contributed by atoms with E-state index in [9.17, 15) is 14.9 Å². The number of nitrogens with zero attached hydrogens (tertiary/aromatic N) is 3. The highest BCUT2D eigenvalue weighted by atomic mass is 16.6. The molecule has 0 bridgehead atoms. The number of non-ortho nitro benzene ring substituents is 1. The van der Waals surface area contributed by atoms with E-state index in [2.05, 4.69) is 10.4 Å². The molecule has 3 rings (SSSR count). The molecule has 0 radical (unpaired) electrons. The van der Waals surface area contributed by atoms with Crippen molar-refractivity contribution in [2.45, 2.75) is 0 Å². The number of carbonyl (C=O) groups is 1. The molecule has 3 aromatic rings. The van der Waals surface area contributed by atoms with E-state index in [1.165, 1.54) is 24.3 Å². The van der Waals surface area contributed by atoms with Crippen LogP contribution in [-0.2, 0) is 0 Å². The summed E-state index contributed by atoms with van der Waals surface area (Å²) in [5, 5.41) is 17.5. The van der Waals surface area contributed by atoms with E-state index in [1.807, 2.05) is 6.07 Å². The van der Waals surface area contributed by atoms with Crippen molar-refractivity contribution >= 4 is 22.8 Å². The van der Waals surface area contributed by atoms with Crippen LogP contribution < -0.4 is 5.32 Å². The fraction of sp³-hybridized carbons (Fsp3) is 0. The Balaban J connectivity index is 1.85. The van der Waals surface area contributed by atoms with Gasteiger partial charge in [-0.25, -0.2) is 4.52 Å². The van der Waals surface area contributed by atoms with Gasteiger partial charge in [-0.05, 0) is 24.3 Å². The van der Waals surface area contributed by atoms with E-state index in [-0.39, 0.29) is 11.3 Å². The van der Waals surface area contributed by atoms with E-state index in [0.717, 1.165) is 5.52 Å². The molecule has 1 aromatic carbocycles. The Morgan fingerprint density at radius 2 is 2.10 bits per heavy atom. The largest absolute Gasteiger partial charge is 0.322 e. The predicted molar refractivity (Wildman–Crippen MR) is 76.2 cm³/mol. The molecule has 0 atom stereocenters. The standard InChI is InChI=1S/C14H10N4O3/c19-14(10-2-1-3-13(8-10)18(20)21)16-11-5-7-17-12(9-11)4-6-15-17/h1-9H,(H,16,19). The first-order chi connectivity index (χ1) is 10.1. The van der Waals surface area contributed by atoms with Gasteiger partial charge in [0, 0.05) is 35.8 Å². The second-order valence-electron chi connectivity index (χ2n) is 4.38. The first kappa shape index (κ1) is 12.8. The molecule has 0 unspecified atom stereocenters. The normalized spacial score (nSPS) is 10.5. The van der Waals surface area contributed by atoms with E-state index >= 15 is 0 Å². The minimum atomic E-state index is -0.533. The molecule has 0 saturated carbocycles. The Morgan fingerprint density at radius 1 is 1.24 bits per heavy atom. The zero-order valence-electron chi connectivity index (χ0n) is 10.8. The lowest BCUT2D eigenvalue weighted by atomic mass is 10.2. The SMILES string of the molecule is O=C(Nc1ccn2nccc2c1)c1cccc([N+](=O)[O-])c1. The zero-order valence-corrected chi connectivity index (χ0v) is 10.8. The predicted octanol–water partition coefficient (Wildman–Crippen LogP) is 2.49. The second kappa shape index (κ2) is 5.04. The highest BCUT2D eigenvalue weighted by Crippen LogP contribution is 2.16. The number of rotatable bonds is 3. The smallest absolute Gasteiger partial charge is 0.270 e. The molecule has 7 nitrogen and oxygen atoms in total. The lowest BCUT2D eigenvalue weighted by Gasteiger charge is -2.05. The maximum absolute atomic E-state index is 12.1. The molecule has 7 heteroatoms. The maximum Gasteiger partial charge on any atom is 0.270 e. The molecular weight excluding hydrogens is 272 g/mol. The number of nitrogens with one attached hydrogen (secondary N) is 1. The maximum atomic E-state index is 12.1. The average molecular weight is 282 g/mol. The summed E-state index contributed by atoms with van der Waals surface area (Å²) in [6.07, 6.45) is 3.37. The molecule has 1 amide bonds. The van der Waals surface area contributed by atoms with Gasteiger partial charge in [0.05, 0.1) is 10.4 Å². The van der Waals surface area contributed by atoms with Crippen LogP contribution in [0.3, 0.4) is 0 Å². The Hall–Kier alpha value is -3.22. The van der Waals surface area contributed by atoms with Gasteiger partial charge in [-0.2, -0.15) is 5.10 Å². The van der Waals surface area contributed by atoms with E-state index in [4.69, 9.17) is 0 Å². The Kier molecular flexibility index (Phi) is 3.07. The zero-order chi connectivity index (χ0) is 14.8. The highest BCUT2D eigenvalue weighted by molar-refractivity contribution is 6.04. The van der Waals surface area contributed by atoms with Gasteiger partial charge in [-0.15, -0.1) is 0 Å². The molecule has 0 aliphatic carbocycles. The van der Waals surface area contributed by atoms with Crippen LogP contribution in [0.2, 0.25) is 0 Å². The molecule has 0 aliphatic heterocycles. The third kappa shape index (κ3) is 2.57. The second-order valence-corrected chi connectivity index (χ2v) is 4.38. The Morgan fingerprint density at radius 3 is 2.90 bits per heavy atom. The van der Waals surface area contributed by atoms with Gasteiger partial charge in [0.15, 0.2) is 0 Å². The van der Waals surface area contributed by atoms with Crippen molar-refractivity contribution in [1.29, 1.82) is 0 Å². The van der Waals surface area contributed by atoms with Crippen LogP contribution in [0.15, 0.2) is 54.9 Å². The third-order valence-electron chi connectivity index (χ3n) is 2.98.